The van der Waals surface area contributed by atoms with Gasteiger partial charge in [-0.15, -0.1) is 0 Å². The van der Waals surface area contributed by atoms with Crippen molar-refractivity contribution in [2.45, 2.75) is 36.1 Å². The van der Waals surface area contributed by atoms with Gasteiger partial charge in [0.15, 0.2) is 0 Å². The molecule has 1 aliphatic carbocycles. The molecular formula is C22H24N4O2S. The highest BCUT2D eigenvalue weighted by Crippen LogP contribution is 2.38. The van der Waals surface area contributed by atoms with E-state index >= 15 is 0 Å². The number of nitrogens with one attached hydrogen (secondary N) is 2. The highest BCUT2D eigenvalue weighted by Gasteiger charge is 2.28. The zero-order chi connectivity index (χ0) is 20.3. The van der Waals surface area contributed by atoms with E-state index in [0.717, 1.165) is 35.7 Å². The molecule has 3 aromatic rings. The summed E-state index contributed by atoms with van der Waals surface area (Å²) in [6, 6.07) is 19.5. The molecule has 2 N–H and O–H groups in total. The molecule has 0 spiro atoms. The molecule has 4 rings (SSSR count). The molecule has 0 radical (unpaired) electrons. The van der Waals surface area contributed by atoms with E-state index in [9.17, 15) is 8.42 Å². The van der Waals surface area contributed by atoms with E-state index < -0.39 is 16.1 Å². The minimum atomic E-state index is -3.67. The Kier molecular flexibility index (Phi) is 5.60. The van der Waals surface area contributed by atoms with Gasteiger partial charge in [-0.2, -0.15) is 0 Å². The average molecular weight is 409 g/mol. The number of benzene rings is 2. The molecule has 7 heteroatoms. The van der Waals surface area contributed by atoms with Crippen LogP contribution in [-0.4, -0.2) is 25.4 Å². The number of hydrogen-bond acceptors (Lipinski definition) is 5. The van der Waals surface area contributed by atoms with Crippen LogP contribution >= 0.6 is 0 Å². The van der Waals surface area contributed by atoms with Crippen molar-refractivity contribution in [1.82, 2.24) is 14.7 Å². The number of sulfonamides is 1. The van der Waals surface area contributed by atoms with Gasteiger partial charge in [0.2, 0.25) is 10.0 Å². The molecule has 2 aromatic carbocycles. The van der Waals surface area contributed by atoms with Gasteiger partial charge in [-0.1, -0.05) is 48.5 Å². The van der Waals surface area contributed by atoms with Gasteiger partial charge in [0, 0.05) is 31.1 Å². The molecule has 0 unspecified atom stereocenters. The van der Waals surface area contributed by atoms with Crippen LogP contribution in [0.4, 0.5) is 5.82 Å². The Morgan fingerprint density at radius 3 is 2.28 bits per heavy atom. The van der Waals surface area contributed by atoms with Crippen molar-refractivity contribution in [3.8, 4) is 0 Å². The van der Waals surface area contributed by atoms with Crippen molar-refractivity contribution in [2.75, 3.05) is 12.4 Å². The summed E-state index contributed by atoms with van der Waals surface area (Å²) in [7, 11) is -1.84. The second kappa shape index (κ2) is 8.31. The van der Waals surface area contributed by atoms with E-state index in [4.69, 9.17) is 4.98 Å². The normalized spacial score (nSPS) is 15.1. The summed E-state index contributed by atoms with van der Waals surface area (Å²) in [6.45, 7) is 0. The standard InChI is InChI=1S/C22H24N4O2S/c1-23-21-15-18(24-22(25-21)17-12-13-17)14-20(16-8-4-2-5-9-16)26-29(27,28)19-10-6-3-7-11-19/h2-11,15,17,20,26H,12-14H2,1H3,(H,23,24,25)/t20-/m0/s1. The predicted molar refractivity (Wildman–Crippen MR) is 113 cm³/mol. The first-order valence-corrected chi connectivity index (χ1v) is 11.2. The van der Waals surface area contributed by atoms with Crippen molar-refractivity contribution in [3.63, 3.8) is 0 Å². The maximum Gasteiger partial charge on any atom is 0.241 e. The van der Waals surface area contributed by atoms with Crippen molar-refractivity contribution >= 4 is 15.8 Å². The lowest BCUT2D eigenvalue weighted by atomic mass is 10.0. The zero-order valence-corrected chi connectivity index (χ0v) is 17.1. The molecule has 1 atom stereocenters. The second-order valence-corrected chi connectivity index (χ2v) is 8.94. The molecule has 0 bridgehead atoms. The van der Waals surface area contributed by atoms with Crippen LogP contribution in [0.25, 0.3) is 0 Å². The van der Waals surface area contributed by atoms with Crippen molar-refractivity contribution < 1.29 is 8.42 Å². The Bertz CT molecular complexity index is 1070. The number of aromatic nitrogens is 2. The van der Waals surface area contributed by atoms with Gasteiger partial charge >= 0.3 is 0 Å². The average Bonchev–Trinajstić information content (AvgIpc) is 3.60. The highest BCUT2D eigenvalue weighted by molar-refractivity contribution is 7.89. The molecule has 1 aliphatic rings. The fraction of sp³-hybridized carbons (Fsp3) is 0.273. The van der Waals surface area contributed by atoms with Crippen LogP contribution in [0.2, 0.25) is 0 Å². The number of anilines is 1. The fourth-order valence-electron chi connectivity index (χ4n) is 3.25. The zero-order valence-electron chi connectivity index (χ0n) is 16.2. The first-order chi connectivity index (χ1) is 14.0. The van der Waals surface area contributed by atoms with Crippen molar-refractivity contribution in [3.05, 3.63) is 83.8 Å². The largest absolute Gasteiger partial charge is 0.373 e. The third kappa shape index (κ3) is 4.81. The van der Waals surface area contributed by atoms with E-state index in [1.807, 2.05) is 43.4 Å². The lowest BCUT2D eigenvalue weighted by Gasteiger charge is -2.20. The van der Waals surface area contributed by atoms with Crippen LogP contribution in [-0.2, 0) is 16.4 Å². The molecule has 0 saturated heterocycles. The molecule has 150 valence electrons. The van der Waals surface area contributed by atoms with Gasteiger partial charge in [0.05, 0.1) is 10.9 Å². The molecule has 6 nitrogen and oxygen atoms in total. The lowest BCUT2D eigenvalue weighted by Crippen LogP contribution is -2.30. The number of rotatable bonds is 8. The smallest absolute Gasteiger partial charge is 0.241 e. The number of nitrogens with zero attached hydrogens (tertiary/aromatic N) is 2. The summed E-state index contributed by atoms with van der Waals surface area (Å²) in [5.74, 6) is 2.01. The molecule has 1 aromatic heterocycles. The topological polar surface area (TPSA) is 84.0 Å². The van der Waals surface area contributed by atoms with Crippen molar-refractivity contribution in [2.24, 2.45) is 0 Å². The quantitative estimate of drug-likeness (QED) is 0.594. The van der Waals surface area contributed by atoms with Crippen LogP contribution in [0.5, 0.6) is 0 Å². The Hall–Kier alpha value is -2.77. The van der Waals surface area contributed by atoms with Crippen LogP contribution in [0.3, 0.4) is 0 Å². The Morgan fingerprint density at radius 1 is 1.00 bits per heavy atom. The van der Waals surface area contributed by atoms with Gasteiger partial charge < -0.3 is 5.32 Å². The Labute approximate surface area is 171 Å². The summed E-state index contributed by atoms with van der Waals surface area (Å²) >= 11 is 0. The summed E-state index contributed by atoms with van der Waals surface area (Å²) in [5.41, 5.74) is 1.71. The van der Waals surface area contributed by atoms with Gasteiger partial charge in [-0.3, -0.25) is 0 Å². The molecule has 29 heavy (non-hydrogen) atoms. The second-order valence-electron chi connectivity index (χ2n) is 7.23. The summed E-state index contributed by atoms with van der Waals surface area (Å²) in [4.78, 5) is 9.53. The molecule has 1 fully saturated rings. The van der Waals surface area contributed by atoms with Crippen LogP contribution in [0, 0.1) is 0 Å². The molecule has 0 amide bonds. The monoisotopic (exact) mass is 408 g/mol. The van der Waals surface area contributed by atoms with E-state index in [0.29, 0.717) is 12.3 Å². The van der Waals surface area contributed by atoms with Crippen LogP contribution in [0.15, 0.2) is 71.6 Å². The van der Waals surface area contributed by atoms with E-state index in [1.54, 1.807) is 30.3 Å². The van der Waals surface area contributed by atoms with E-state index in [1.165, 1.54) is 0 Å². The number of hydrogen-bond donors (Lipinski definition) is 2. The van der Waals surface area contributed by atoms with Gasteiger partial charge in [-0.05, 0) is 30.5 Å². The van der Waals surface area contributed by atoms with Gasteiger partial charge in [0.25, 0.3) is 0 Å². The third-order valence-electron chi connectivity index (χ3n) is 4.96. The predicted octanol–water partition coefficient (Wildman–Crippen LogP) is 3.66. The van der Waals surface area contributed by atoms with Gasteiger partial charge in [-0.25, -0.2) is 23.1 Å². The molecule has 0 aliphatic heterocycles. The first kappa shape index (κ1) is 19.5. The van der Waals surface area contributed by atoms with Crippen LogP contribution in [0.1, 0.15) is 41.9 Å². The van der Waals surface area contributed by atoms with Gasteiger partial charge in [0.1, 0.15) is 11.6 Å². The summed E-state index contributed by atoms with van der Waals surface area (Å²) in [5, 5.41) is 3.09. The Balaban J connectivity index is 1.66. The van der Waals surface area contributed by atoms with E-state index in [2.05, 4.69) is 15.0 Å². The molecular weight excluding hydrogens is 384 g/mol. The molecule has 1 heterocycles. The lowest BCUT2D eigenvalue weighted by molar-refractivity contribution is 0.552. The van der Waals surface area contributed by atoms with Crippen LogP contribution < -0.4 is 10.0 Å². The minimum Gasteiger partial charge on any atom is -0.373 e. The maximum atomic E-state index is 13.0. The first-order valence-electron chi connectivity index (χ1n) is 9.73. The minimum absolute atomic E-state index is 0.248. The fourth-order valence-corrected chi connectivity index (χ4v) is 4.50. The summed E-state index contributed by atoms with van der Waals surface area (Å²) < 4.78 is 28.8. The van der Waals surface area contributed by atoms with Crippen molar-refractivity contribution in [1.29, 1.82) is 0 Å². The molecule has 1 saturated carbocycles. The third-order valence-corrected chi connectivity index (χ3v) is 6.45. The summed E-state index contributed by atoms with van der Waals surface area (Å²) in [6.07, 6.45) is 2.65. The SMILES string of the molecule is CNc1cc(C[C@H](NS(=O)(=O)c2ccccc2)c2ccccc2)nc(C2CC2)n1. The van der Waals surface area contributed by atoms with E-state index in [-0.39, 0.29) is 4.90 Å². The Morgan fingerprint density at radius 2 is 1.66 bits per heavy atom. The highest BCUT2D eigenvalue weighted by atomic mass is 32.2. The maximum absolute atomic E-state index is 13.0.